The number of aromatic nitrogens is 1. The van der Waals surface area contributed by atoms with Gasteiger partial charge in [-0.3, -0.25) is 4.79 Å². The molecule has 1 aromatic rings. The molecule has 0 fully saturated rings. The molecule has 0 N–H and O–H groups in total. The number of methoxy groups -OCH3 is 1. The normalized spacial score (nSPS) is 12.2. The lowest BCUT2D eigenvalue weighted by Gasteiger charge is -2.14. The van der Waals surface area contributed by atoms with Gasteiger partial charge >= 0.3 is 5.97 Å². The van der Waals surface area contributed by atoms with Crippen molar-refractivity contribution in [1.29, 1.82) is 0 Å². The maximum atomic E-state index is 11.6. The standard InChI is InChI=1S/C12H17NO4/c1-9-4-5-13(11(14)8-9)10(2)12(15)17-7-6-16-3/h4-5,8,10H,6-7H2,1-3H3. The Kier molecular flexibility index (Phi) is 4.90. The van der Waals surface area contributed by atoms with E-state index in [9.17, 15) is 9.59 Å². The fourth-order valence-corrected chi connectivity index (χ4v) is 1.37. The zero-order chi connectivity index (χ0) is 12.8. The second-order valence-electron chi connectivity index (χ2n) is 3.79. The van der Waals surface area contributed by atoms with E-state index in [0.29, 0.717) is 6.61 Å². The van der Waals surface area contributed by atoms with Gasteiger partial charge in [0.1, 0.15) is 12.6 Å². The molecule has 0 amide bonds. The molecule has 0 aromatic carbocycles. The van der Waals surface area contributed by atoms with E-state index in [1.807, 2.05) is 6.92 Å². The summed E-state index contributed by atoms with van der Waals surface area (Å²) in [5, 5.41) is 0. The van der Waals surface area contributed by atoms with Crippen LogP contribution in [-0.2, 0) is 14.3 Å². The number of esters is 1. The van der Waals surface area contributed by atoms with Gasteiger partial charge in [0.05, 0.1) is 6.61 Å². The van der Waals surface area contributed by atoms with E-state index in [0.717, 1.165) is 5.56 Å². The van der Waals surface area contributed by atoms with Crippen LogP contribution in [0, 0.1) is 6.92 Å². The minimum Gasteiger partial charge on any atom is -0.462 e. The van der Waals surface area contributed by atoms with Crippen LogP contribution in [0.2, 0.25) is 0 Å². The lowest BCUT2D eigenvalue weighted by molar-refractivity contribution is -0.148. The molecule has 0 bridgehead atoms. The predicted molar refractivity (Wildman–Crippen MR) is 63.0 cm³/mol. The lowest BCUT2D eigenvalue weighted by atomic mass is 10.2. The summed E-state index contributed by atoms with van der Waals surface area (Å²) >= 11 is 0. The van der Waals surface area contributed by atoms with Crippen LogP contribution >= 0.6 is 0 Å². The van der Waals surface area contributed by atoms with E-state index in [1.165, 1.54) is 17.7 Å². The molecule has 1 rings (SSSR count). The first-order chi connectivity index (χ1) is 8.06. The largest absolute Gasteiger partial charge is 0.462 e. The number of carbonyl (C=O) groups excluding carboxylic acids is 1. The first-order valence-corrected chi connectivity index (χ1v) is 5.40. The first-order valence-electron chi connectivity index (χ1n) is 5.40. The van der Waals surface area contributed by atoms with Gasteiger partial charge in [-0.05, 0) is 25.5 Å². The maximum absolute atomic E-state index is 11.6. The number of nitrogens with zero attached hydrogens (tertiary/aromatic N) is 1. The van der Waals surface area contributed by atoms with Crippen molar-refractivity contribution in [2.75, 3.05) is 20.3 Å². The minimum absolute atomic E-state index is 0.195. The second kappa shape index (κ2) is 6.20. The van der Waals surface area contributed by atoms with Crippen molar-refractivity contribution in [1.82, 2.24) is 4.57 Å². The van der Waals surface area contributed by atoms with Crippen LogP contribution in [0.3, 0.4) is 0 Å². The monoisotopic (exact) mass is 239 g/mol. The third kappa shape index (κ3) is 3.71. The molecule has 0 saturated heterocycles. The summed E-state index contributed by atoms with van der Waals surface area (Å²) in [5.41, 5.74) is 0.660. The Hall–Kier alpha value is -1.62. The van der Waals surface area contributed by atoms with Gasteiger partial charge < -0.3 is 14.0 Å². The van der Waals surface area contributed by atoms with E-state index >= 15 is 0 Å². The SMILES string of the molecule is COCCOC(=O)C(C)n1ccc(C)cc1=O. The van der Waals surface area contributed by atoms with Crippen LogP contribution in [0.4, 0.5) is 0 Å². The van der Waals surface area contributed by atoms with Crippen molar-refractivity contribution >= 4 is 5.97 Å². The fraction of sp³-hybridized carbons (Fsp3) is 0.500. The summed E-state index contributed by atoms with van der Waals surface area (Å²) < 4.78 is 11.1. The van der Waals surface area contributed by atoms with Crippen LogP contribution in [0.5, 0.6) is 0 Å². The van der Waals surface area contributed by atoms with E-state index in [-0.39, 0.29) is 12.2 Å². The van der Waals surface area contributed by atoms with Crippen molar-refractivity contribution in [2.45, 2.75) is 19.9 Å². The molecule has 1 aromatic heterocycles. The molecule has 5 nitrogen and oxygen atoms in total. The number of pyridine rings is 1. The average Bonchev–Trinajstić information content (AvgIpc) is 2.28. The van der Waals surface area contributed by atoms with Crippen LogP contribution < -0.4 is 5.56 Å². The minimum atomic E-state index is -0.625. The highest BCUT2D eigenvalue weighted by atomic mass is 16.6. The Labute approximate surface area is 100.0 Å². The summed E-state index contributed by atoms with van der Waals surface area (Å²) in [6, 6.07) is 2.64. The number of hydrogen-bond donors (Lipinski definition) is 0. The molecule has 1 heterocycles. The molecular weight excluding hydrogens is 222 g/mol. The molecule has 0 spiro atoms. The Bertz CT molecular complexity index is 438. The predicted octanol–water partition coefficient (Wildman–Crippen LogP) is 0.907. The highest BCUT2D eigenvalue weighted by molar-refractivity contribution is 5.73. The number of rotatable bonds is 5. The highest BCUT2D eigenvalue weighted by Gasteiger charge is 2.16. The molecule has 5 heteroatoms. The number of hydrogen-bond acceptors (Lipinski definition) is 4. The van der Waals surface area contributed by atoms with Crippen molar-refractivity contribution in [3.63, 3.8) is 0 Å². The van der Waals surface area contributed by atoms with Gasteiger partial charge in [0.15, 0.2) is 0 Å². The second-order valence-corrected chi connectivity index (χ2v) is 3.79. The molecule has 0 aliphatic rings. The van der Waals surface area contributed by atoms with Gasteiger partial charge in [0.2, 0.25) is 0 Å². The zero-order valence-electron chi connectivity index (χ0n) is 10.3. The molecular formula is C12H17NO4. The summed E-state index contributed by atoms with van der Waals surface area (Å²) in [7, 11) is 1.53. The number of aryl methyl sites for hydroxylation is 1. The Balaban J connectivity index is 2.71. The molecule has 1 unspecified atom stereocenters. The number of carbonyl (C=O) groups is 1. The Morgan fingerprint density at radius 3 is 2.76 bits per heavy atom. The van der Waals surface area contributed by atoms with Gasteiger partial charge in [0.25, 0.3) is 5.56 Å². The Morgan fingerprint density at radius 1 is 1.47 bits per heavy atom. The quantitative estimate of drug-likeness (QED) is 0.566. The average molecular weight is 239 g/mol. The maximum Gasteiger partial charge on any atom is 0.329 e. The van der Waals surface area contributed by atoms with Crippen molar-refractivity contribution < 1.29 is 14.3 Å². The molecule has 17 heavy (non-hydrogen) atoms. The van der Waals surface area contributed by atoms with Crippen LogP contribution in [0.15, 0.2) is 23.1 Å². The van der Waals surface area contributed by atoms with Crippen molar-refractivity contribution in [3.8, 4) is 0 Å². The van der Waals surface area contributed by atoms with Gasteiger partial charge in [-0.25, -0.2) is 4.79 Å². The third-order valence-electron chi connectivity index (χ3n) is 2.39. The molecule has 0 radical (unpaired) electrons. The highest BCUT2D eigenvalue weighted by Crippen LogP contribution is 2.05. The molecule has 1 atom stereocenters. The van der Waals surface area contributed by atoms with E-state index < -0.39 is 12.0 Å². The van der Waals surface area contributed by atoms with Gasteiger partial charge in [0, 0.05) is 19.4 Å². The summed E-state index contributed by atoms with van der Waals surface area (Å²) in [6.45, 7) is 4.00. The molecule has 94 valence electrons. The summed E-state index contributed by atoms with van der Waals surface area (Å²) in [6.07, 6.45) is 1.60. The molecule has 0 saturated carbocycles. The first kappa shape index (κ1) is 13.4. The van der Waals surface area contributed by atoms with Gasteiger partial charge in [-0.15, -0.1) is 0 Å². The van der Waals surface area contributed by atoms with Crippen LogP contribution in [0.1, 0.15) is 18.5 Å². The van der Waals surface area contributed by atoms with E-state index in [2.05, 4.69) is 0 Å². The van der Waals surface area contributed by atoms with Crippen LogP contribution in [-0.4, -0.2) is 30.9 Å². The topological polar surface area (TPSA) is 57.5 Å². The van der Waals surface area contributed by atoms with Crippen molar-refractivity contribution in [3.05, 3.63) is 34.2 Å². The van der Waals surface area contributed by atoms with E-state index in [1.54, 1.807) is 19.2 Å². The summed E-state index contributed by atoms with van der Waals surface area (Å²) in [4.78, 5) is 23.3. The van der Waals surface area contributed by atoms with Gasteiger partial charge in [-0.2, -0.15) is 0 Å². The van der Waals surface area contributed by atoms with E-state index in [4.69, 9.17) is 9.47 Å². The Morgan fingerprint density at radius 2 is 2.18 bits per heavy atom. The smallest absolute Gasteiger partial charge is 0.329 e. The summed E-state index contributed by atoms with van der Waals surface area (Å²) in [5.74, 6) is -0.437. The third-order valence-corrected chi connectivity index (χ3v) is 2.39. The van der Waals surface area contributed by atoms with Crippen LogP contribution in [0.25, 0.3) is 0 Å². The van der Waals surface area contributed by atoms with Gasteiger partial charge in [-0.1, -0.05) is 0 Å². The fourth-order valence-electron chi connectivity index (χ4n) is 1.37. The number of ether oxygens (including phenoxy) is 2. The lowest BCUT2D eigenvalue weighted by Crippen LogP contribution is -2.29. The zero-order valence-corrected chi connectivity index (χ0v) is 10.3. The molecule has 0 aliphatic heterocycles. The van der Waals surface area contributed by atoms with Crippen molar-refractivity contribution in [2.24, 2.45) is 0 Å². The molecule has 0 aliphatic carbocycles.